The van der Waals surface area contributed by atoms with Crippen LogP contribution in [0.15, 0.2) is 36.4 Å². The van der Waals surface area contributed by atoms with Crippen molar-refractivity contribution in [1.82, 2.24) is 5.32 Å². The standard InChI is InChI=1S/C25H23F9N2O4/c1-3-39-22(38)36-13(2)8-19(18-5-4-15(12-20(18)36)23(26,27)28)35-21(37)40-7-6-14-9-16(24(29,30)31)11-17(10-14)25(32,33)34/h4-5,9-13,19H,3,6-8H2,1-2H3,(H,35,37). The van der Waals surface area contributed by atoms with Crippen molar-refractivity contribution in [2.75, 3.05) is 18.1 Å². The zero-order valence-corrected chi connectivity index (χ0v) is 20.9. The lowest BCUT2D eigenvalue weighted by molar-refractivity contribution is -0.143. The van der Waals surface area contributed by atoms with Crippen molar-refractivity contribution in [3.05, 3.63) is 64.2 Å². The highest BCUT2D eigenvalue weighted by Gasteiger charge is 2.39. The monoisotopic (exact) mass is 586 g/mol. The number of hydrogen-bond donors (Lipinski definition) is 1. The summed E-state index contributed by atoms with van der Waals surface area (Å²) in [5.41, 5.74) is -4.46. The largest absolute Gasteiger partial charge is 0.449 e. The van der Waals surface area contributed by atoms with Gasteiger partial charge in [-0.25, -0.2) is 9.59 Å². The lowest BCUT2D eigenvalue weighted by Crippen LogP contribution is -2.46. The fraction of sp³-hybridized carbons (Fsp3) is 0.440. The van der Waals surface area contributed by atoms with Gasteiger partial charge in [0.25, 0.3) is 0 Å². The predicted octanol–water partition coefficient (Wildman–Crippen LogP) is 7.51. The van der Waals surface area contributed by atoms with Gasteiger partial charge in [0.15, 0.2) is 0 Å². The average molecular weight is 586 g/mol. The molecule has 3 rings (SSSR count). The molecule has 0 fully saturated rings. The number of nitrogens with zero attached hydrogens (tertiary/aromatic N) is 1. The number of ether oxygens (including phenoxy) is 2. The number of amides is 2. The van der Waals surface area contributed by atoms with Crippen molar-refractivity contribution in [3.63, 3.8) is 0 Å². The highest BCUT2D eigenvalue weighted by atomic mass is 19.4. The van der Waals surface area contributed by atoms with E-state index in [0.29, 0.717) is 12.1 Å². The summed E-state index contributed by atoms with van der Waals surface area (Å²) in [6, 6.07) is 1.93. The van der Waals surface area contributed by atoms with Crippen LogP contribution in [0.3, 0.4) is 0 Å². The Bertz CT molecular complexity index is 1210. The summed E-state index contributed by atoms with van der Waals surface area (Å²) in [6.07, 6.45) is -17.3. The summed E-state index contributed by atoms with van der Waals surface area (Å²) >= 11 is 0. The topological polar surface area (TPSA) is 67.9 Å². The van der Waals surface area contributed by atoms with Crippen LogP contribution in [0.2, 0.25) is 0 Å². The van der Waals surface area contributed by atoms with Gasteiger partial charge in [-0.15, -0.1) is 0 Å². The van der Waals surface area contributed by atoms with Crippen LogP contribution in [-0.4, -0.2) is 31.4 Å². The van der Waals surface area contributed by atoms with E-state index in [4.69, 9.17) is 9.47 Å². The number of carbonyl (C=O) groups is 2. The molecule has 2 aromatic rings. The molecule has 2 aromatic carbocycles. The molecule has 2 amide bonds. The molecule has 0 saturated heterocycles. The van der Waals surface area contributed by atoms with E-state index in [0.717, 1.165) is 23.1 Å². The molecule has 0 bridgehead atoms. The van der Waals surface area contributed by atoms with Crippen LogP contribution in [-0.2, 0) is 34.4 Å². The van der Waals surface area contributed by atoms with Crippen LogP contribution in [0.25, 0.3) is 0 Å². The van der Waals surface area contributed by atoms with E-state index in [1.807, 2.05) is 0 Å². The third kappa shape index (κ3) is 7.30. The predicted molar refractivity (Wildman–Crippen MR) is 122 cm³/mol. The second-order valence-corrected chi connectivity index (χ2v) is 8.92. The number of anilines is 1. The number of nitrogens with one attached hydrogen (secondary N) is 1. The minimum absolute atomic E-state index is 0.0253. The third-order valence-electron chi connectivity index (χ3n) is 6.04. The van der Waals surface area contributed by atoms with Gasteiger partial charge in [-0.3, -0.25) is 4.90 Å². The zero-order valence-electron chi connectivity index (χ0n) is 20.9. The molecular formula is C25H23F9N2O4. The van der Waals surface area contributed by atoms with Gasteiger partial charge in [0.1, 0.15) is 0 Å². The first kappa shape index (κ1) is 30.9. The lowest BCUT2D eigenvalue weighted by atomic mass is 9.91. The first-order chi connectivity index (χ1) is 18.4. The highest BCUT2D eigenvalue weighted by Crippen LogP contribution is 2.41. The molecule has 15 heteroatoms. The summed E-state index contributed by atoms with van der Waals surface area (Å²) < 4.78 is 128. The summed E-state index contributed by atoms with van der Waals surface area (Å²) in [5, 5.41) is 2.43. The first-order valence-electron chi connectivity index (χ1n) is 11.8. The lowest BCUT2D eigenvalue weighted by Gasteiger charge is -2.39. The molecule has 0 aromatic heterocycles. The molecule has 0 aliphatic carbocycles. The van der Waals surface area contributed by atoms with Gasteiger partial charge in [0.2, 0.25) is 0 Å². The van der Waals surface area contributed by atoms with Gasteiger partial charge in [-0.1, -0.05) is 6.07 Å². The summed E-state index contributed by atoms with van der Waals surface area (Å²) in [7, 11) is 0. The molecule has 2 atom stereocenters. The van der Waals surface area contributed by atoms with E-state index < -0.39 is 72.5 Å². The molecule has 2 unspecified atom stereocenters. The van der Waals surface area contributed by atoms with Gasteiger partial charge in [0.05, 0.1) is 41.6 Å². The normalized spacial score (nSPS) is 17.7. The Hall–Kier alpha value is -3.65. The zero-order chi connectivity index (χ0) is 30.0. The summed E-state index contributed by atoms with van der Waals surface area (Å²) in [6.45, 7) is 2.40. The van der Waals surface area contributed by atoms with Crippen LogP contribution in [0.1, 0.15) is 54.1 Å². The SMILES string of the molecule is CCOC(=O)N1c2cc(C(F)(F)F)ccc2C(NC(=O)OCCc2cc(C(F)(F)F)cc(C(F)(F)F)c2)CC1C. The van der Waals surface area contributed by atoms with Crippen LogP contribution in [0.5, 0.6) is 0 Å². The Kier molecular flexibility index (Phi) is 8.84. The Morgan fingerprint density at radius 2 is 1.45 bits per heavy atom. The number of rotatable bonds is 5. The number of benzene rings is 2. The smallest absolute Gasteiger partial charge is 0.416 e. The number of fused-ring (bicyclic) bond motifs is 1. The molecule has 0 saturated carbocycles. The fourth-order valence-electron chi connectivity index (χ4n) is 4.25. The number of carbonyl (C=O) groups excluding carboxylic acids is 2. The highest BCUT2D eigenvalue weighted by molar-refractivity contribution is 5.90. The minimum Gasteiger partial charge on any atom is -0.449 e. The van der Waals surface area contributed by atoms with E-state index >= 15 is 0 Å². The molecule has 0 spiro atoms. The van der Waals surface area contributed by atoms with Crippen LogP contribution in [0, 0.1) is 0 Å². The van der Waals surface area contributed by atoms with Gasteiger partial charge >= 0.3 is 30.7 Å². The fourth-order valence-corrected chi connectivity index (χ4v) is 4.25. The van der Waals surface area contributed by atoms with Crippen molar-refractivity contribution >= 4 is 17.9 Å². The van der Waals surface area contributed by atoms with Gasteiger partial charge < -0.3 is 14.8 Å². The van der Waals surface area contributed by atoms with Crippen LogP contribution in [0.4, 0.5) is 54.8 Å². The van der Waals surface area contributed by atoms with E-state index in [1.54, 1.807) is 0 Å². The average Bonchev–Trinajstić information content (AvgIpc) is 2.82. The van der Waals surface area contributed by atoms with E-state index in [1.165, 1.54) is 13.8 Å². The van der Waals surface area contributed by atoms with Crippen molar-refractivity contribution in [3.8, 4) is 0 Å². The number of alkyl carbamates (subject to hydrolysis) is 1. The molecule has 220 valence electrons. The Labute approximate surface area is 222 Å². The number of alkyl halides is 9. The third-order valence-corrected chi connectivity index (χ3v) is 6.04. The molecule has 1 N–H and O–H groups in total. The number of halogens is 9. The van der Waals surface area contributed by atoms with Gasteiger partial charge in [-0.05, 0) is 61.7 Å². The van der Waals surface area contributed by atoms with Crippen LogP contribution < -0.4 is 10.2 Å². The molecule has 6 nitrogen and oxygen atoms in total. The van der Waals surface area contributed by atoms with Crippen molar-refractivity contribution < 1.29 is 58.6 Å². The molecule has 1 aliphatic rings. The second-order valence-electron chi connectivity index (χ2n) is 8.92. The second kappa shape index (κ2) is 11.5. The quantitative estimate of drug-likeness (QED) is 0.369. The van der Waals surface area contributed by atoms with E-state index in [-0.39, 0.29) is 35.9 Å². The van der Waals surface area contributed by atoms with E-state index in [2.05, 4.69) is 5.32 Å². The first-order valence-corrected chi connectivity index (χ1v) is 11.8. The molecule has 40 heavy (non-hydrogen) atoms. The van der Waals surface area contributed by atoms with Crippen molar-refractivity contribution in [2.24, 2.45) is 0 Å². The molecule has 1 heterocycles. The Balaban J connectivity index is 1.77. The maximum Gasteiger partial charge on any atom is 0.416 e. The maximum atomic E-state index is 13.3. The van der Waals surface area contributed by atoms with Crippen LogP contribution >= 0.6 is 0 Å². The number of hydrogen-bond acceptors (Lipinski definition) is 4. The maximum absolute atomic E-state index is 13.3. The van der Waals surface area contributed by atoms with Gasteiger partial charge in [-0.2, -0.15) is 39.5 Å². The van der Waals surface area contributed by atoms with Gasteiger partial charge in [0, 0.05) is 12.5 Å². The molecular weight excluding hydrogens is 563 g/mol. The van der Waals surface area contributed by atoms with E-state index in [9.17, 15) is 49.1 Å². The van der Waals surface area contributed by atoms with Crippen molar-refractivity contribution in [1.29, 1.82) is 0 Å². The molecule has 0 radical (unpaired) electrons. The Morgan fingerprint density at radius 3 is 1.98 bits per heavy atom. The molecule has 1 aliphatic heterocycles. The minimum atomic E-state index is -5.04. The Morgan fingerprint density at radius 1 is 0.875 bits per heavy atom. The summed E-state index contributed by atoms with van der Waals surface area (Å²) in [5.74, 6) is 0. The van der Waals surface area contributed by atoms with Crippen molar-refractivity contribution in [2.45, 2.75) is 57.3 Å². The summed E-state index contributed by atoms with van der Waals surface area (Å²) in [4.78, 5) is 25.9.